The molecule has 1 heterocycles. The molecule has 2 aromatic rings. The number of phenolic OH excluding ortho intramolecular Hbond substituents is 3. The standard InChI is InChI=1S/C26H27NO11/c1-8-20(29)10(27)6-13(37-8)38-12-7-26(2,36)19(25(34)35)16-15(12)23(32)18-17(24(16)33)21(30)9-4-3-5-11(28)14(9)22(18)31/h3-5,8,10,12-13,19-20,28-29,32-33,36H,6-7,27H2,1-2H3,(H,34,35)/t8-,10-,12+,13+,19-,20+,26-/m1/s1. The number of carbonyl (C=O) groups is 3. The van der Waals surface area contributed by atoms with Crippen molar-refractivity contribution >= 4 is 17.5 Å². The molecule has 1 saturated heterocycles. The molecule has 38 heavy (non-hydrogen) atoms. The number of hydrogen-bond acceptors (Lipinski definition) is 11. The zero-order valence-electron chi connectivity index (χ0n) is 20.4. The quantitative estimate of drug-likeness (QED) is 0.234. The van der Waals surface area contributed by atoms with E-state index in [2.05, 4.69) is 0 Å². The van der Waals surface area contributed by atoms with Gasteiger partial charge >= 0.3 is 5.97 Å². The summed E-state index contributed by atoms with van der Waals surface area (Å²) in [7, 11) is 0. The summed E-state index contributed by atoms with van der Waals surface area (Å²) in [6.45, 7) is 2.78. The van der Waals surface area contributed by atoms with E-state index in [0.29, 0.717) is 0 Å². The first-order valence-electron chi connectivity index (χ1n) is 12.0. The van der Waals surface area contributed by atoms with E-state index in [-0.39, 0.29) is 23.1 Å². The van der Waals surface area contributed by atoms with E-state index in [4.69, 9.17) is 15.2 Å². The van der Waals surface area contributed by atoms with Crippen molar-refractivity contribution in [1.82, 2.24) is 0 Å². The minimum Gasteiger partial charge on any atom is -0.507 e. The molecule has 2 aromatic carbocycles. The summed E-state index contributed by atoms with van der Waals surface area (Å²) in [5.74, 6) is -7.47. The lowest BCUT2D eigenvalue weighted by atomic mass is 9.68. The van der Waals surface area contributed by atoms with Crippen molar-refractivity contribution in [2.75, 3.05) is 0 Å². The Morgan fingerprint density at radius 2 is 1.71 bits per heavy atom. The molecule has 1 aliphatic heterocycles. The van der Waals surface area contributed by atoms with E-state index < -0.39 is 100 Å². The molecule has 0 saturated carbocycles. The van der Waals surface area contributed by atoms with E-state index in [9.17, 15) is 45.0 Å². The van der Waals surface area contributed by atoms with Crippen LogP contribution in [0.1, 0.15) is 81.7 Å². The second-order valence-corrected chi connectivity index (χ2v) is 10.3. The molecule has 0 spiro atoms. The number of aliphatic hydroxyl groups excluding tert-OH is 1. The summed E-state index contributed by atoms with van der Waals surface area (Å²) in [4.78, 5) is 39.1. The number of carboxylic acid groups (broad SMARTS) is 1. The predicted octanol–water partition coefficient (Wildman–Crippen LogP) is 0.782. The molecule has 7 atom stereocenters. The maximum absolute atomic E-state index is 13.4. The number of rotatable bonds is 3. The Morgan fingerprint density at radius 1 is 1.08 bits per heavy atom. The average Bonchev–Trinajstić information content (AvgIpc) is 2.81. The van der Waals surface area contributed by atoms with Crippen molar-refractivity contribution in [2.24, 2.45) is 5.73 Å². The van der Waals surface area contributed by atoms with Gasteiger partial charge in [-0.15, -0.1) is 0 Å². The highest BCUT2D eigenvalue weighted by Gasteiger charge is 2.53. The van der Waals surface area contributed by atoms with Gasteiger partial charge < -0.3 is 45.8 Å². The first-order valence-corrected chi connectivity index (χ1v) is 12.0. The van der Waals surface area contributed by atoms with E-state index in [1.165, 1.54) is 25.1 Å². The average molecular weight is 529 g/mol. The fraction of sp³-hybridized carbons (Fsp3) is 0.423. The fourth-order valence-electron chi connectivity index (χ4n) is 5.82. The number of hydrogen-bond donors (Lipinski definition) is 7. The summed E-state index contributed by atoms with van der Waals surface area (Å²) < 4.78 is 11.7. The number of ether oxygens (including phenoxy) is 2. The van der Waals surface area contributed by atoms with Gasteiger partial charge in [0.25, 0.3) is 0 Å². The number of carbonyl (C=O) groups excluding carboxylic acids is 2. The lowest BCUT2D eigenvalue weighted by Gasteiger charge is -2.44. The Hall–Kier alpha value is -3.55. The molecular weight excluding hydrogens is 502 g/mol. The van der Waals surface area contributed by atoms with Crippen LogP contribution in [0.15, 0.2) is 18.2 Å². The Bertz CT molecular complexity index is 1370. The van der Waals surface area contributed by atoms with E-state index >= 15 is 0 Å². The normalized spacial score (nSPS) is 32.3. The van der Waals surface area contributed by atoms with Gasteiger partial charge in [-0.1, -0.05) is 12.1 Å². The lowest BCUT2D eigenvalue weighted by Crippen LogP contribution is -2.52. The third-order valence-corrected chi connectivity index (χ3v) is 7.64. The molecule has 0 radical (unpaired) electrons. The van der Waals surface area contributed by atoms with Crippen LogP contribution in [0.25, 0.3) is 0 Å². The fourth-order valence-corrected chi connectivity index (χ4v) is 5.82. The van der Waals surface area contributed by atoms with Gasteiger partial charge in [0, 0.05) is 35.6 Å². The number of aromatic hydroxyl groups is 3. The Labute approximate surface area is 215 Å². The van der Waals surface area contributed by atoms with Crippen molar-refractivity contribution in [3.8, 4) is 17.2 Å². The molecule has 0 amide bonds. The molecule has 0 aromatic heterocycles. The molecule has 202 valence electrons. The third-order valence-electron chi connectivity index (χ3n) is 7.64. The second kappa shape index (κ2) is 8.75. The topological polar surface area (TPSA) is 217 Å². The SMILES string of the molecule is C[C@H]1O[C@@H](O[C@H]2C[C@@](C)(O)[C@@H](C(=O)O)c3c(O)c4c(c(O)c32)C(=O)c2c(O)cccc2C4=O)C[C@@H](N)[C@H]1O. The second-order valence-electron chi connectivity index (χ2n) is 10.3. The van der Waals surface area contributed by atoms with Crippen molar-refractivity contribution in [3.63, 3.8) is 0 Å². The van der Waals surface area contributed by atoms with Crippen LogP contribution in [-0.2, 0) is 14.3 Å². The number of aliphatic hydroxyl groups is 2. The van der Waals surface area contributed by atoms with Crippen LogP contribution in [-0.4, -0.2) is 78.3 Å². The van der Waals surface area contributed by atoms with Crippen LogP contribution >= 0.6 is 0 Å². The highest BCUT2D eigenvalue weighted by molar-refractivity contribution is 6.31. The molecule has 0 unspecified atom stereocenters. The van der Waals surface area contributed by atoms with Gasteiger partial charge in [0.2, 0.25) is 5.78 Å². The summed E-state index contributed by atoms with van der Waals surface area (Å²) in [5.41, 5.74) is 1.28. The molecule has 12 nitrogen and oxygen atoms in total. The van der Waals surface area contributed by atoms with E-state index in [1.807, 2.05) is 0 Å². The van der Waals surface area contributed by atoms with Crippen molar-refractivity contribution in [3.05, 3.63) is 51.6 Å². The van der Waals surface area contributed by atoms with Crippen LogP contribution in [0.3, 0.4) is 0 Å². The van der Waals surface area contributed by atoms with Crippen molar-refractivity contribution in [2.45, 2.75) is 68.9 Å². The molecule has 12 heteroatoms. The maximum atomic E-state index is 13.4. The molecule has 3 aliphatic rings. The molecule has 8 N–H and O–H groups in total. The first kappa shape index (κ1) is 26.1. The molecule has 5 rings (SSSR count). The Balaban J connectivity index is 1.73. The van der Waals surface area contributed by atoms with Crippen LogP contribution in [0.5, 0.6) is 17.2 Å². The number of ketones is 2. The smallest absolute Gasteiger partial charge is 0.314 e. The summed E-state index contributed by atoms with van der Waals surface area (Å²) in [6, 6.07) is 3.03. The third kappa shape index (κ3) is 3.68. The zero-order chi connectivity index (χ0) is 27.8. The highest BCUT2D eigenvalue weighted by Crippen LogP contribution is 2.56. The Morgan fingerprint density at radius 3 is 2.34 bits per heavy atom. The van der Waals surface area contributed by atoms with Gasteiger partial charge in [-0.05, 0) is 19.9 Å². The summed E-state index contributed by atoms with van der Waals surface area (Å²) in [5, 5.41) is 64.3. The number of benzene rings is 2. The van der Waals surface area contributed by atoms with Crippen LogP contribution in [0.4, 0.5) is 0 Å². The summed E-state index contributed by atoms with van der Waals surface area (Å²) >= 11 is 0. The highest BCUT2D eigenvalue weighted by atomic mass is 16.7. The van der Waals surface area contributed by atoms with E-state index in [1.54, 1.807) is 6.92 Å². The monoisotopic (exact) mass is 529 g/mol. The number of aliphatic carboxylic acids is 1. The van der Waals surface area contributed by atoms with Gasteiger partial charge in [-0.2, -0.15) is 0 Å². The number of phenols is 3. The largest absolute Gasteiger partial charge is 0.507 e. The van der Waals surface area contributed by atoms with Gasteiger partial charge in [-0.3, -0.25) is 14.4 Å². The van der Waals surface area contributed by atoms with Gasteiger partial charge in [-0.25, -0.2) is 0 Å². The van der Waals surface area contributed by atoms with E-state index in [0.717, 1.165) is 0 Å². The summed E-state index contributed by atoms with van der Waals surface area (Å²) in [6.07, 6.45) is -4.48. The van der Waals surface area contributed by atoms with Crippen LogP contribution in [0, 0.1) is 0 Å². The molecule has 0 bridgehead atoms. The molecule has 1 fully saturated rings. The van der Waals surface area contributed by atoms with Crippen LogP contribution in [0.2, 0.25) is 0 Å². The number of nitrogens with two attached hydrogens (primary N) is 1. The number of carboxylic acids is 1. The van der Waals surface area contributed by atoms with Crippen molar-refractivity contribution in [1.29, 1.82) is 0 Å². The molecule has 2 aliphatic carbocycles. The van der Waals surface area contributed by atoms with Gasteiger partial charge in [0.05, 0.1) is 40.6 Å². The van der Waals surface area contributed by atoms with Crippen molar-refractivity contribution < 1.29 is 54.5 Å². The predicted molar refractivity (Wildman–Crippen MR) is 127 cm³/mol. The molecular formula is C26H27NO11. The Kier molecular flexibility index (Phi) is 6.00. The number of fused-ring (bicyclic) bond motifs is 3. The van der Waals surface area contributed by atoms with Crippen LogP contribution < -0.4 is 5.73 Å². The van der Waals surface area contributed by atoms with Gasteiger partial charge in [0.1, 0.15) is 23.2 Å². The van der Waals surface area contributed by atoms with Gasteiger partial charge in [0.15, 0.2) is 12.1 Å². The first-order chi connectivity index (χ1) is 17.8. The maximum Gasteiger partial charge on any atom is 0.314 e. The lowest BCUT2D eigenvalue weighted by molar-refractivity contribution is -0.248. The minimum absolute atomic E-state index is 0.0121. The zero-order valence-corrected chi connectivity index (χ0v) is 20.4. The minimum atomic E-state index is -2.04.